The van der Waals surface area contributed by atoms with E-state index in [1.807, 2.05) is 0 Å². The van der Waals surface area contributed by atoms with Crippen molar-refractivity contribution in [3.05, 3.63) is 53.6 Å². The van der Waals surface area contributed by atoms with Gasteiger partial charge in [-0.2, -0.15) is 4.31 Å². The first-order chi connectivity index (χ1) is 13.8. The van der Waals surface area contributed by atoms with Gasteiger partial charge in [-0.15, -0.1) is 0 Å². The molecule has 0 saturated carbocycles. The van der Waals surface area contributed by atoms with Crippen molar-refractivity contribution in [1.29, 1.82) is 0 Å². The molecule has 1 amide bonds. The van der Waals surface area contributed by atoms with E-state index >= 15 is 0 Å². The number of hydrogen-bond acceptors (Lipinski definition) is 5. The number of hydrogen-bond donors (Lipinski definition) is 1. The van der Waals surface area contributed by atoms with Gasteiger partial charge in [0.15, 0.2) is 0 Å². The largest absolute Gasteiger partial charge is 0.491 e. The molecule has 0 unspecified atom stereocenters. The molecule has 0 aliphatic heterocycles. The summed E-state index contributed by atoms with van der Waals surface area (Å²) in [7, 11) is -2.03. The Morgan fingerprint density at radius 1 is 1.03 bits per heavy atom. The number of rotatable bonds is 10. The third-order valence-corrected chi connectivity index (χ3v) is 6.51. The van der Waals surface area contributed by atoms with E-state index in [9.17, 15) is 13.2 Å². The van der Waals surface area contributed by atoms with E-state index < -0.39 is 10.0 Å². The van der Waals surface area contributed by atoms with E-state index in [2.05, 4.69) is 5.32 Å². The second-order valence-corrected chi connectivity index (χ2v) is 8.32. The van der Waals surface area contributed by atoms with Crippen molar-refractivity contribution in [1.82, 2.24) is 4.31 Å². The van der Waals surface area contributed by atoms with Gasteiger partial charge in [-0.1, -0.05) is 19.9 Å². The van der Waals surface area contributed by atoms with Crippen molar-refractivity contribution in [3.8, 4) is 5.75 Å². The molecule has 0 aliphatic carbocycles. The molecule has 1 N–H and O–H groups in total. The Kier molecular flexibility index (Phi) is 8.19. The standard InChI is InChI=1S/C21H28N2O5S/c1-5-23(6-2)29(25,26)19-12-7-16(3)20(15-19)21(24)22-17-8-10-18(11-9-17)28-14-13-27-4/h7-12,15H,5-6,13-14H2,1-4H3,(H,22,24). The molecule has 7 nitrogen and oxygen atoms in total. The van der Waals surface area contributed by atoms with Crippen molar-refractivity contribution < 1.29 is 22.7 Å². The second-order valence-electron chi connectivity index (χ2n) is 6.39. The van der Waals surface area contributed by atoms with E-state index in [0.29, 0.717) is 48.9 Å². The van der Waals surface area contributed by atoms with Gasteiger partial charge in [-0.3, -0.25) is 4.79 Å². The number of amides is 1. The molecule has 0 atom stereocenters. The number of carbonyl (C=O) groups is 1. The predicted octanol–water partition coefficient (Wildman–Crippen LogP) is 3.30. The van der Waals surface area contributed by atoms with Crippen LogP contribution in [-0.2, 0) is 14.8 Å². The van der Waals surface area contributed by atoms with Crippen LogP contribution in [0, 0.1) is 6.92 Å². The molecule has 158 valence electrons. The third-order valence-electron chi connectivity index (χ3n) is 4.47. The van der Waals surface area contributed by atoms with E-state index in [1.54, 1.807) is 58.2 Å². The fourth-order valence-corrected chi connectivity index (χ4v) is 4.28. The minimum Gasteiger partial charge on any atom is -0.491 e. The van der Waals surface area contributed by atoms with Crippen LogP contribution in [0.2, 0.25) is 0 Å². The summed E-state index contributed by atoms with van der Waals surface area (Å²) in [6.07, 6.45) is 0. The molecule has 29 heavy (non-hydrogen) atoms. The normalized spacial score (nSPS) is 11.5. The van der Waals surface area contributed by atoms with E-state index in [4.69, 9.17) is 9.47 Å². The van der Waals surface area contributed by atoms with Gasteiger partial charge in [-0.25, -0.2) is 8.42 Å². The molecule has 0 aromatic heterocycles. The minimum absolute atomic E-state index is 0.110. The first-order valence-corrected chi connectivity index (χ1v) is 10.9. The molecule has 0 spiro atoms. The van der Waals surface area contributed by atoms with Gasteiger partial charge < -0.3 is 14.8 Å². The first kappa shape index (κ1) is 22.9. The van der Waals surface area contributed by atoms with Crippen LogP contribution in [0.3, 0.4) is 0 Å². The number of benzene rings is 2. The summed E-state index contributed by atoms with van der Waals surface area (Å²) in [5.74, 6) is 0.302. The average molecular weight is 421 g/mol. The Balaban J connectivity index is 2.19. The zero-order chi connectivity index (χ0) is 21.4. The smallest absolute Gasteiger partial charge is 0.255 e. The Labute approximate surface area is 172 Å². The summed E-state index contributed by atoms with van der Waals surface area (Å²) in [5, 5.41) is 2.80. The van der Waals surface area contributed by atoms with Crippen LogP contribution in [0.1, 0.15) is 29.8 Å². The van der Waals surface area contributed by atoms with Crippen LogP contribution < -0.4 is 10.1 Å². The summed E-state index contributed by atoms with van der Waals surface area (Å²) in [5.41, 5.74) is 1.60. The number of anilines is 1. The van der Waals surface area contributed by atoms with E-state index in [1.165, 1.54) is 16.4 Å². The number of aryl methyl sites for hydroxylation is 1. The van der Waals surface area contributed by atoms with Crippen molar-refractivity contribution in [2.75, 3.05) is 38.7 Å². The van der Waals surface area contributed by atoms with Crippen molar-refractivity contribution >= 4 is 21.6 Å². The van der Waals surface area contributed by atoms with Gasteiger partial charge in [0.2, 0.25) is 10.0 Å². The van der Waals surface area contributed by atoms with Crippen molar-refractivity contribution in [3.63, 3.8) is 0 Å². The Hall–Kier alpha value is -2.42. The van der Waals surface area contributed by atoms with Crippen LogP contribution in [0.15, 0.2) is 47.4 Å². The van der Waals surface area contributed by atoms with Gasteiger partial charge in [0.05, 0.1) is 11.5 Å². The maximum absolute atomic E-state index is 12.8. The summed E-state index contributed by atoms with van der Waals surface area (Å²) in [6, 6.07) is 11.6. The third kappa shape index (κ3) is 5.79. The maximum atomic E-state index is 12.8. The maximum Gasteiger partial charge on any atom is 0.255 e. The highest BCUT2D eigenvalue weighted by Crippen LogP contribution is 2.21. The molecule has 0 fully saturated rings. The molecular formula is C21H28N2O5S. The van der Waals surface area contributed by atoms with Crippen LogP contribution in [0.4, 0.5) is 5.69 Å². The highest BCUT2D eigenvalue weighted by molar-refractivity contribution is 7.89. The van der Waals surface area contributed by atoms with Crippen molar-refractivity contribution in [2.45, 2.75) is 25.7 Å². The van der Waals surface area contributed by atoms with Crippen LogP contribution in [0.25, 0.3) is 0 Å². The number of carbonyl (C=O) groups excluding carboxylic acids is 1. The zero-order valence-electron chi connectivity index (χ0n) is 17.3. The lowest BCUT2D eigenvalue weighted by atomic mass is 10.1. The monoisotopic (exact) mass is 420 g/mol. The Morgan fingerprint density at radius 3 is 2.28 bits per heavy atom. The highest BCUT2D eigenvalue weighted by atomic mass is 32.2. The molecule has 2 rings (SSSR count). The van der Waals surface area contributed by atoms with Gasteiger partial charge in [0, 0.05) is 31.5 Å². The highest BCUT2D eigenvalue weighted by Gasteiger charge is 2.23. The Morgan fingerprint density at radius 2 is 1.69 bits per heavy atom. The number of ether oxygens (including phenoxy) is 2. The lowest BCUT2D eigenvalue weighted by Gasteiger charge is -2.19. The molecule has 2 aromatic carbocycles. The molecule has 0 aliphatic rings. The average Bonchev–Trinajstić information content (AvgIpc) is 2.70. The second kappa shape index (κ2) is 10.4. The van der Waals surface area contributed by atoms with E-state index in [0.717, 1.165) is 0 Å². The van der Waals surface area contributed by atoms with E-state index in [-0.39, 0.29) is 10.8 Å². The molecule has 0 heterocycles. The molecule has 0 bridgehead atoms. The number of methoxy groups -OCH3 is 1. The predicted molar refractivity (Wildman–Crippen MR) is 113 cm³/mol. The van der Waals surface area contributed by atoms with Crippen molar-refractivity contribution in [2.24, 2.45) is 0 Å². The van der Waals surface area contributed by atoms with Crippen LogP contribution in [-0.4, -0.2) is 52.0 Å². The summed E-state index contributed by atoms with van der Waals surface area (Å²) in [6.45, 7) is 7.01. The lowest BCUT2D eigenvalue weighted by Crippen LogP contribution is -2.30. The number of nitrogens with zero attached hydrogens (tertiary/aromatic N) is 1. The fourth-order valence-electron chi connectivity index (χ4n) is 2.79. The number of sulfonamides is 1. The van der Waals surface area contributed by atoms with Crippen LogP contribution >= 0.6 is 0 Å². The zero-order valence-corrected chi connectivity index (χ0v) is 18.1. The number of nitrogens with one attached hydrogen (secondary N) is 1. The SMILES string of the molecule is CCN(CC)S(=O)(=O)c1ccc(C)c(C(=O)Nc2ccc(OCCOC)cc2)c1. The fraction of sp³-hybridized carbons (Fsp3) is 0.381. The molecular weight excluding hydrogens is 392 g/mol. The van der Waals surface area contributed by atoms with Gasteiger partial charge in [0.25, 0.3) is 5.91 Å². The summed E-state index contributed by atoms with van der Waals surface area (Å²) in [4.78, 5) is 12.9. The topological polar surface area (TPSA) is 84.9 Å². The summed E-state index contributed by atoms with van der Waals surface area (Å²) < 4.78 is 37.3. The summed E-state index contributed by atoms with van der Waals surface area (Å²) >= 11 is 0. The van der Waals surface area contributed by atoms with Gasteiger partial charge in [0.1, 0.15) is 12.4 Å². The molecule has 8 heteroatoms. The lowest BCUT2D eigenvalue weighted by molar-refractivity contribution is 0.102. The van der Waals surface area contributed by atoms with Crippen LogP contribution in [0.5, 0.6) is 5.75 Å². The molecule has 0 radical (unpaired) electrons. The quantitative estimate of drug-likeness (QED) is 0.596. The molecule has 2 aromatic rings. The molecule has 0 saturated heterocycles. The minimum atomic E-state index is -3.64. The van der Waals surface area contributed by atoms with Gasteiger partial charge in [-0.05, 0) is 48.9 Å². The van der Waals surface area contributed by atoms with Gasteiger partial charge >= 0.3 is 0 Å². The first-order valence-electron chi connectivity index (χ1n) is 9.47. The Bertz CT molecular complexity index is 923.